The number of rotatable bonds is 6. The predicted molar refractivity (Wildman–Crippen MR) is 94.0 cm³/mol. The van der Waals surface area contributed by atoms with E-state index in [0.29, 0.717) is 17.9 Å². The highest BCUT2D eigenvalue weighted by Gasteiger charge is 2.20. The number of carbonyl (C=O) groups is 1. The molecule has 0 radical (unpaired) electrons. The Balaban J connectivity index is 2.03. The van der Waals surface area contributed by atoms with Crippen molar-refractivity contribution < 1.29 is 9.53 Å². The quantitative estimate of drug-likeness (QED) is 0.780. The first kappa shape index (κ1) is 17.4. The fourth-order valence-corrected chi connectivity index (χ4v) is 2.79. The van der Waals surface area contributed by atoms with Crippen LogP contribution in [-0.2, 0) is 11.2 Å². The first-order valence-corrected chi connectivity index (χ1v) is 8.04. The molecule has 2 rings (SSSR count). The topological polar surface area (TPSA) is 29.5 Å². The number of hydrogen-bond donors (Lipinski definition) is 0. The number of halogens is 1. The highest BCUT2D eigenvalue weighted by atomic mass is 35.5. The summed E-state index contributed by atoms with van der Waals surface area (Å²) in [6.07, 6.45) is 1.07. The molecule has 4 heteroatoms. The third-order valence-corrected chi connectivity index (χ3v) is 4.50. The molecule has 0 saturated carbocycles. The summed E-state index contributed by atoms with van der Waals surface area (Å²) in [6.45, 7) is 2.01. The minimum Gasteiger partial charge on any atom is -0.496 e. The van der Waals surface area contributed by atoms with Crippen molar-refractivity contribution in [2.45, 2.75) is 25.8 Å². The molecular weight excluding hydrogens is 310 g/mol. The Morgan fingerprint density at radius 1 is 1.17 bits per heavy atom. The number of methoxy groups -OCH3 is 1. The van der Waals surface area contributed by atoms with Gasteiger partial charge in [0, 0.05) is 24.1 Å². The predicted octanol–water partition coefficient (Wildman–Crippen LogP) is 4.50. The van der Waals surface area contributed by atoms with E-state index in [2.05, 4.69) is 0 Å². The lowest BCUT2D eigenvalue weighted by atomic mass is 10.0. The second-order valence-electron chi connectivity index (χ2n) is 5.51. The van der Waals surface area contributed by atoms with Crippen molar-refractivity contribution >= 4 is 17.5 Å². The fraction of sp³-hybridized carbons (Fsp3) is 0.316. The Morgan fingerprint density at radius 3 is 2.52 bits per heavy atom. The lowest BCUT2D eigenvalue weighted by molar-refractivity contribution is -0.131. The van der Waals surface area contributed by atoms with Gasteiger partial charge in [0.1, 0.15) is 5.75 Å². The molecule has 1 amide bonds. The third-order valence-electron chi connectivity index (χ3n) is 4.13. The van der Waals surface area contributed by atoms with E-state index >= 15 is 0 Å². The van der Waals surface area contributed by atoms with Crippen molar-refractivity contribution in [1.82, 2.24) is 4.90 Å². The average Bonchev–Trinajstić information content (AvgIpc) is 2.59. The molecule has 0 aliphatic carbocycles. The summed E-state index contributed by atoms with van der Waals surface area (Å²) in [5, 5.41) is 0.709. The summed E-state index contributed by atoms with van der Waals surface area (Å²) >= 11 is 6.14. The van der Waals surface area contributed by atoms with Gasteiger partial charge in [-0.15, -0.1) is 0 Å². The highest BCUT2D eigenvalue weighted by molar-refractivity contribution is 6.31. The maximum atomic E-state index is 12.5. The van der Waals surface area contributed by atoms with Gasteiger partial charge < -0.3 is 9.64 Å². The SMILES string of the molecule is COc1ccccc1[C@@H](C)N(C)C(=O)CCc1ccccc1Cl. The molecule has 0 unspecified atom stereocenters. The molecule has 122 valence electrons. The van der Waals surface area contributed by atoms with E-state index in [1.807, 2.05) is 62.5 Å². The zero-order valence-electron chi connectivity index (χ0n) is 13.8. The summed E-state index contributed by atoms with van der Waals surface area (Å²) in [5.41, 5.74) is 2.00. The molecule has 0 N–H and O–H groups in total. The lowest BCUT2D eigenvalue weighted by Gasteiger charge is -2.26. The Bertz CT molecular complexity index is 672. The van der Waals surface area contributed by atoms with Gasteiger partial charge >= 0.3 is 0 Å². The number of amides is 1. The molecule has 2 aromatic rings. The molecule has 0 fully saturated rings. The van der Waals surface area contributed by atoms with E-state index < -0.39 is 0 Å². The first-order valence-electron chi connectivity index (χ1n) is 7.66. The standard InChI is InChI=1S/C19H22ClNO2/c1-14(16-9-5-7-11-18(16)23-3)21(2)19(22)13-12-15-8-4-6-10-17(15)20/h4-11,14H,12-13H2,1-3H3/t14-/m1/s1. The van der Waals surface area contributed by atoms with Crippen molar-refractivity contribution in [3.63, 3.8) is 0 Å². The summed E-state index contributed by atoms with van der Waals surface area (Å²) < 4.78 is 5.39. The molecule has 1 atom stereocenters. The minimum atomic E-state index is -0.0510. The van der Waals surface area contributed by atoms with E-state index in [4.69, 9.17) is 16.3 Å². The van der Waals surface area contributed by atoms with Gasteiger partial charge in [-0.1, -0.05) is 48.0 Å². The molecular formula is C19H22ClNO2. The molecule has 0 spiro atoms. The Hall–Kier alpha value is -2.00. The first-order chi connectivity index (χ1) is 11.0. The normalized spacial score (nSPS) is 11.8. The number of hydrogen-bond acceptors (Lipinski definition) is 2. The Kier molecular flexibility index (Phi) is 6.05. The van der Waals surface area contributed by atoms with Crippen molar-refractivity contribution in [2.24, 2.45) is 0 Å². The van der Waals surface area contributed by atoms with Crippen LogP contribution in [0.25, 0.3) is 0 Å². The molecule has 23 heavy (non-hydrogen) atoms. The Labute approximate surface area is 142 Å². The zero-order valence-corrected chi connectivity index (χ0v) is 14.5. The molecule has 0 aromatic heterocycles. The molecule has 0 aliphatic rings. The summed E-state index contributed by atoms with van der Waals surface area (Å²) in [7, 11) is 3.47. The molecule has 3 nitrogen and oxygen atoms in total. The summed E-state index contributed by atoms with van der Waals surface area (Å²) in [5.74, 6) is 0.883. The van der Waals surface area contributed by atoms with Crippen molar-refractivity contribution in [3.8, 4) is 5.75 Å². The third kappa shape index (κ3) is 4.26. The van der Waals surface area contributed by atoms with Crippen molar-refractivity contribution in [3.05, 3.63) is 64.7 Å². The van der Waals surface area contributed by atoms with Crippen LogP contribution in [-0.4, -0.2) is 25.0 Å². The van der Waals surface area contributed by atoms with Crippen LogP contribution in [0.3, 0.4) is 0 Å². The monoisotopic (exact) mass is 331 g/mol. The summed E-state index contributed by atoms with van der Waals surface area (Å²) in [4.78, 5) is 14.2. The smallest absolute Gasteiger partial charge is 0.223 e. The largest absolute Gasteiger partial charge is 0.496 e. The number of aryl methyl sites for hydroxylation is 1. The second kappa shape index (κ2) is 8.02. The molecule has 0 bridgehead atoms. The van der Waals surface area contributed by atoms with Gasteiger partial charge in [0.2, 0.25) is 5.91 Å². The number of para-hydroxylation sites is 1. The van der Waals surface area contributed by atoms with Gasteiger partial charge in [-0.3, -0.25) is 4.79 Å². The van der Waals surface area contributed by atoms with Crippen LogP contribution >= 0.6 is 11.6 Å². The van der Waals surface area contributed by atoms with Crippen LogP contribution in [0.5, 0.6) is 5.75 Å². The van der Waals surface area contributed by atoms with Crippen molar-refractivity contribution in [2.75, 3.05) is 14.2 Å². The van der Waals surface area contributed by atoms with Gasteiger partial charge in [-0.05, 0) is 31.0 Å². The lowest BCUT2D eigenvalue weighted by Crippen LogP contribution is -2.30. The van der Waals surface area contributed by atoms with E-state index in [9.17, 15) is 4.79 Å². The molecule has 0 heterocycles. The van der Waals surface area contributed by atoms with Crippen LogP contribution in [0.15, 0.2) is 48.5 Å². The maximum Gasteiger partial charge on any atom is 0.223 e. The number of nitrogens with zero attached hydrogens (tertiary/aromatic N) is 1. The van der Waals surface area contributed by atoms with Crippen LogP contribution in [0.1, 0.15) is 30.5 Å². The van der Waals surface area contributed by atoms with Crippen LogP contribution < -0.4 is 4.74 Å². The average molecular weight is 332 g/mol. The zero-order chi connectivity index (χ0) is 16.8. The molecule has 0 saturated heterocycles. The minimum absolute atomic E-state index is 0.0510. The highest BCUT2D eigenvalue weighted by Crippen LogP contribution is 2.28. The number of ether oxygens (including phenoxy) is 1. The van der Waals surface area contributed by atoms with Crippen LogP contribution in [0, 0.1) is 0 Å². The van der Waals surface area contributed by atoms with Crippen LogP contribution in [0.4, 0.5) is 0 Å². The summed E-state index contributed by atoms with van der Waals surface area (Å²) in [6, 6.07) is 15.4. The van der Waals surface area contributed by atoms with Gasteiger partial charge in [0.25, 0.3) is 0 Å². The fourth-order valence-electron chi connectivity index (χ4n) is 2.56. The number of carbonyl (C=O) groups excluding carboxylic acids is 1. The van der Waals surface area contributed by atoms with Gasteiger partial charge in [0.05, 0.1) is 13.2 Å². The van der Waals surface area contributed by atoms with E-state index in [1.54, 1.807) is 12.0 Å². The van der Waals surface area contributed by atoms with Crippen LogP contribution in [0.2, 0.25) is 5.02 Å². The Morgan fingerprint density at radius 2 is 1.83 bits per heavy atom. The molecule has 2 aromatic carbocycles. The molecule has 0 aliphatic heterocycles. The van der Waals surface area contributed by atoms with Crippen molar-refractivity contribution in [1.29, 1.82) is 0 Å². The van der Waals surface area contributed by atoms with Gasteiger partial charge in [-0.2, -0.15) is 0 Å². The van der Waals surface area contributed by atoms with E-state index in [-0.39, 0.29) is 11.9 Å². The maximum absolute atomic E-state index is 12.5. The van der Waals surface area contributed by atoms with Gasteiger partial charge in [0.15, 0.2) is 0 Å². The second-order valence-corrected chi connectivity index (χ2v) is 5.92. The van der Waals surface area contributed by atoms with E-state index in [1.165, 1.54) is 0 Å². The van der Waals surface area contributed by atoms with E-state index in [0.717, 1.165) is 16.9 Å². The van der Waals surface area contributed by atoms with Gasteiger partial charge in [-0.25, -0.2) is 0 Å². The number of benzene rings is 2.